The van der Waals surface area contributed by atoms with E-state index in [-0.39, 0.29) is 0 Å². The Morgan fingerprint density at radius 3 is 2.72 bits per heavy atom. The molecular weight excluding hydrogens is 346 g/mol. The molecule has 0 fully saturated rings. The van der Waals surface area contributed by atoms with Crippen LogP contribution in [-0.4, -0.2) is 37.7 Å². The smallest absolute Gasteiger partial charge is 0.191 e. The molecule has 0 aliphatic heterocycles. The second kappa shape index (κ2) is 9.93. The first kappa shape index (κ1) is 19.1. The molecule has 2 rings (SSSR count). The summed E-state index contributed by atoms with van der Waals surface area (Å²) in [6.07, 6.45) is 3.76. The minimum Gasteiger partial charge on any atom is -0.492 e. The van der Waals surface area contributed by atoms with E-state index in [9.17, 15) is 8.78 Å². The normalized spacial score (nSPS) is 11.4. The van der Waals surface area contributed by atoms with Crippen LogP contribution in [0.5, 0.6) is 5.75 Å². The number of nitrogens with zero attached hydrogens (tertiary/aromatic N) is 2. The van der Waals surface area contributed by atoms with Crippen molar-refractivity contribution in [1.82, 2.24) is 15.6 Å². The van der Waals surface area contributed by atoms with Gasteiger partial charge in [-0.25, -0.2) is 13.8 Å². The Morgan fingerprint density at radius 1 is 1.24 bits per heavy atom. The third-order valence-electron chi connectivity index (χ3n) is 3.36. The van der Waals surface area contributed by atoms with Gasteiger partial charge in [0.1, 0.15) is 12.4 Å². The van der Waals surface area contributed by atoms with E-state index in [1.54, 1.807) is 18.4 Å². The molecule has 25 heavy (non-hydrogen) atoms. The molecule has 0 saturated heterocycles. The Hall–Kier alpha value is -2.22. The van der Waals surface area contributed by atoms with Gasteiger partial charge in [0.25, 0.3) is 0 Å². The van der Waals surface area contributed by atoms with Crippen LogP contribution in [0.3, 0.4) is 0 Å². The molecule has 0 aliphatic carbocycles. The van der Waals surface area contributed by atoms with Gasteiger partial charge in [-0.3, -0.25) is 4.99 Å². The first-order valence-electron chi connectivity index (χ1n) is 8.08. The summed E-state index contributed by atoms with van der Waals surface area (Å²) < 4.78 is 31.3. The Labute approximate surface area is 150 Å². The Balaban J connectivity index is 1.65. The largest absolute Gasteiger partial charge is 0.492 e. The second-order valence-corrected chi connectivity index (χ2v) is 6.37. The van der Waals surface area contributed by atoms with Gasteiger partial charge in [-0.1, -0.05) is 6.92 Å². The maximum atomic E-state index is 13.1. The van der Waals surface area contributed by atoms with Crippen LogP contribution in [0.4, 0.5) is 8.78 Å². The molecule has 5 nitrogen and oxygen atoms in total. The van der Waals surface area contributed by atoms with Crippen LogP contribution in [0.15, 0.2) is 29.4 Å². The number of nitrogens with one attached hydrogen (secondary N) is 2. The predicted octanol–water partition coefficient (Wildman–Crippen LogP) is 2.77. The van der Waals surface area contributed by atoms with Crippen LogP contribution in [0.1, 0.15) is 16.8 Å². The van der Waals surface area contributed by atoms with Gasteiger partial charge >= 0.3 is 0 Å². The number of thiazole rings is 1. The van der Waals surface area contributed by atoms with Crippen molar-refractivity contribution < 1.29 is 13.5 Å². The summed E-state index contributed by atoms with van der Waals surface area (Å²) in [7, 11) is 1.68. The third kappa shape index (κ3) is 6.30. The highest BCUT2D eigenvalue weighted by Crippen LogP contribution is 2.15. The standard InChI is InChI=1S/C17H22F2N4OS/c1-3-13-11-23-16(25-13)6-7-21-17(20-2)22-8-9-24-12-4-5-14(18)15(19)10-12/h4-5,10-11H,3,6-9H2,1-2H3,(H2,20,21,22). The second-order valence-electron chi connectivity index (χ2n) is 5.17. The number of hydrogen-bond donors (Lipinski definition) is 2. The number of rotatable bonds is 8. The van der Waals surface area contributed by atoms with E-state index < -0.39 is 11.6 Å². The molecular formula is C17H22F2N4OS. The van der Waals surface area contributed by atoms with Crippen molar-refractivity contribution in [2.45, 2.75) is 19.8 Å². The molecule has 2 aromatic rings. The third-order valence-corrected chi connectivity index (χ3v) is 4.56. The lowest BCUT2D eigenvalue weighted by Crippen LogP contribution is -2.40. The van der Waals surface area contributed by atoms with Crippen LogP contribution in [-0.2, 0) is 12.8 Å². The van der Waals surface area contributed by atoms with Crippen molar-refractivity contribution in [1.29, 1.82) is 0 Å². The number of halogens is 2. The lowest BCUT2D eigenvalue weighted by molar-refractivity contribution is 0.318. The number of aliphatic imine (C=N–C) groups is 1. The van der Waals surface area contributed by atoms with E-state index in [2.05, 4.69) is 27.5 Å². The molecule has 1 heterocycles. The average molecular weight is 368 g/mol. The van der Waals surface area contributed by atoms with Gasteiger partial charge in [-0.2, -0.15) is 0 Å². The summed E-state index contributed by atoms with van der Waals surface area (Å²) in [5, 5.41) is 7.40. The zero-order chi connectivity index (χ0) is 18.1. The molecule has 0 radical (unpaired) electrons. The van der Waals surface area contributed by atoms with Gasteiger partial charge in [0, 0.05) is 37.2 Å². The highest BCUT2D eigenvalue weighted by Gasteiger charge is 2.04. The van der Waals surface area contributed by atoms with Crippen molar-refractivity contribution in [3.8, 4) is 5.75 Å². The van der Waals surface area contributed by atoms with Gasteiger partial charge < -0.3 is 15.4 Å². The van der Waals surface area contributed by atoms with Crippen molar-refractivity contribution in [2.75, 3.05) is 26.7 Å². The van der Waals surface area contributed by atoms with E-state index in [0.29, 0.717) is 24.9 Å². The highest BCUT2D eigenvalue weighted by atomic mass is 32.1. The van der Waals surface area contributed by atoms with Gasteiger partial charge in [-0.15, -0.1) is 11.3 Å². The Morgan fingerprint density at radius 2 is 2.04 bits per heavy atom. The number of aromatic nitrogens is 1. The molecule has 0 aliphatic rings. The Bertz CT molecular complexity index is 706. The maximum Gasteiger partial charge on any atom is 0.191 e. The van der Waals surface area contributed by atoms with Gasteiger partial charge in [0.15, 0.2) is 17.6 Å². The van der Waals surface area contributed by atoms with E-state index in [1.165, 1.54) is 10.9 Å². The molecule has 0 spiro atoms. The molecule has 136 valence electrons. The fourth-order valence-electron chi connectivity index (χ4n) is 2.04. The summed E-state index contributed by atoms with van der Waals surface area (Å²) in [4.78, 5) is 9.78. The van der Waals surface area contributed by atoms with E-state index in [0.717, 1.165) is 36.5 Å². The molecule has 0 atom stereocenters. The molecule has 0 saturated carbocycles. The summed E-state index contributed by atoms with van der Waals surface area (Å²) in [6, 6.07) is 3.46. The van der Waals surface area contributed by atoms with Crippen molar-refractivity contribution >= 4 is 17.3 Å². The van der Waals surface area contributed by atoms with Crippen molar-refractivity contribution in [3.63, 3.8) is 0 Å². The van der Waals surface area contributed by atoms with Crippen molar-refractivity contribution in [3.05, 3.63) is 45.9 Å². The van der Waals surface area contributed by atoms with Crippen LogP contribution in [0.2, 0.25) is 0 Å². The van der Waals surface area contributed by atoms with Gasteiger partial charge in [-0.05, 0) is 18.6 Å². The zero-order valence-corrected chi connectivity index (χ0v) is 15.1. The molecule has 1 aromatic carbocycles. The molecule has 8 heteroatoms. The highest BCUT2D eigenvalue weighted by molar-refractivity contribution is 7.11. The lowest BCUT2D eigenvalue weighted by atomic mass is 10.3. The quantitative estimate of drug-likeness (QED) is 0.427. The summed E-state index contributed by atoms with van der Waals surface area (Å²) in [5.41, 5.74) is 0. The Kier molecular flexibility index (Phi) is 7.59. The SMILES string of the molecule is CCc1cnc(CCNC(=NC)NCCOc2ccc(F)c(F)c2)s1. The van der Waals surface area contributed by atoms with Gasteiger partial charge in [0.2, 0.25) is 0 Å². The number of ether oxygens (including phenoxy) is 1. The maximum absolute atomic E-state index is 13.1. The molecule has 0 amide bonds. The number of aryl methyl sites for hydroxylation is 1. The fourth-order valence-corrected chi connectivity index (χ4v) is 2.90. The first-order chi connectivity index (χ1) is 12.1. The summed E-state index contributed by atoms with van der Waals surface area (Å²) in [5.74, 6) is -0.863. The number of benzene rings is 1. The topological polar surface area (TPSA) is 58.5 Å². The molecule has 0 bridgehead atoms. The average Bonchev–Trinajstić information content (AvgIpc) is 3.08. The van der Waals surface area contributed by atoms with Crippen LogP contribution in [0.25, 0.3) is 0 Å². The van der Waals surface area contributed by atoms with Crippen LogP contribution >= 0.6 is 11.3 Å². The van der Waals surface area contributed by atoms with Gasteiger partial charge in [0.05, 0.1) is 11.6 Å². The van der Waals surface area contributed by atoms with Crippen molar-refractivity contribution in [2.24, 2.45) is 4.99 Å². The minimum absolute atomic E-state index is 0.291. The molecule has 2 N–H and O–H groups in total. The lowest BCUT2D eigenvalue weighted by Gasteiger charge is -2.12. The van der Waals surface area contributed by atoms with Crippen LogP contribution in [0, 0.1) is 11.6 Å². The fraction of sp³-hybridized carbons (Fsp3) is 0.412. The number of guanidine groups is 1. The van der Waals surface area contributed by atoms with E-state index in [4.69, 9.17) is 4.74 Å². The van der Waals surface area contributed by atoms with Crippen LogP contribution < -0.4 is 15.4 Å². The van der Waals surface area contributed by atoms with E-state index in [1.807, 2.05) is 6.20 Å². The summed E-state index contributed by atoms with van der Waals surface area (Å²) in [6.45, 7) is 3.62. The first-order valence-corrected chi connectivity index (χ1v) is 8.90. The predicted molar refractivity (Wildman–Crippen MR) is 96.4 cm³/mol. The monoisotopic (exact) mass is 368 g/mol. The molecule has 1 aromatic heterocycles. The zero-order valence-electron chi connectivity index (χ0n) is 14.3. The minimum atomic E-state index is -0.920. The molecule has 0 unspecified atom stereocenters. The summed E-state index contributed by atoms with van der Waals surface area (Å²) >= 11 is 1.72. The number of hydrogen-bond acceptors (Lipinski definition) is 4. The van der Waals surface area contributed by atoms with E-state index >= 15 is 0 Å².